The molecule has 0 aromatic carbocycles. The molecule has 0 spiro atoms. The van der Waals surface area contributed by atoms with Gasteiger partial charge in [0.15, 0.2) is 0 Å². The van der Waals surface area contributed by atoms with Gasteiger partial charge in [0, 0.05) is 6.54 Å². The molecule has 2 atom stereocenters. The third-order valence-electron chi connectivity index (χ3n) is 1.45. The highest BCUT2D eigenvalue weighted by Gasteiger charge is 2.27. The zero-order valence-corrected chi connectivity index (χ0v) is 5.37. The minimum absolute atomic E-state index is 0.0796. The van der Waals surface area contributed by atoms with E-state index in [1.165, 1.54) is 0 Å². The van der Waals surface area contributed by atoms with E-state index in [0.717, 1.165) is 0 Å². The van der Waals surface area contributed by atoms with Crippen LogP contribution in [0.25, 0.3) is 0 Å². The first-order valence-corrected chi connectivity index (χ1v) is 3.07. The zero-order valence-electron chi connectivity index (χ0n) is 5.37. The molecule has 0 amide bonds. The van der Waals surface area contributed by atoms with Crippen molar-refractivity contribution in [1.29, 1.82) is 0 Å². The van der Waals surface area contributed by atoms with Gasteiger partial charge in [0.1, 0.15) is 6.04 Å². The van der Waals surface area contributed by atoms with E-state index in [4.69, 9.17) is 10.2 Å². The molecule has 0 radical (unpaired) electrons. The minimum Gasteiger partial charge on any atom is -0.480 e. The molecule has 10 heavy (non-hydrogen) atoms. The summed E-state index contributed by atoms with van der Waals surface area (Å²) >= 11 is 0. The number of carboxylic acids is 1. The molecule has 0 aromatic rings. The Kier molecular flexibility index (Phi) is 2.21. The number of carbonyl (C=O) groups is 1. The van der Waals surface area contributed by atoms with E-state index in [9.17, 15) is 4.79 Å². The maximum absolute atomic E-state index is 10.3. The van der Waals surface area contributed by atoms with Crippen LogP contribution in [-0.4, -0.2) is 41.5 Å². The first-order valence-electron chi connectivity index (χ1n) is 3.07. The summed E-state index contributed by atoms with van der Waals surface area (Å²) in [5.41, 5.74) is 0. The minimum atomic E-state index is -0.886. The van der Waals surface area contributed by atoms with Gasteiger partial charge in [0.05, 0.1) is 12.8 Å². The number of nitrogens with one attached hydrogen (secondary N) is 2. The molecule has 1 aliphatic heterocycles. The van der Waals surface area contributed by atoms with Gasteiger partial charge in [0.25, 0.3) is 0 Å². The molecule has 1 unspecified atom stereocenters. The van der Waals surface area contributed by atoms with Gasteiger partial charge in [-0.25, -0.2) is 0 Å². The summed E-state index contributed by atoms with van der Waals surface area (Å²) in [5, 5.41) is 22.5. The molecule has 1 heterocycles. The molecule has 0 saturated carbocycles. The van der Waals surface area contributed by atoms with E-state index in [-0.39, 0.29) is 12.8 Å². The quantitative estimate of drug-likeness (QED) is 0.360. The van der Waals surface area contributed by atoms with E-state index in [0.29, 0.717) is 6.54 Å². The Morgan fingerprint density at radius 1 is 1.70 bits per heavy atom. The van der Waals surface area contributed by atoms with E-state index in [1.807, 2.05) is 0 Å². The van der Waals surface area contributed by atoms with E-state index in [2.05, 4.69) is 10.6 Å². The first-order chi connectivity index (χ1) is 4.74. The number of carboxylic acid groups (broad SMARTS) is 1. The number of hydrogen-bond donors (Lipinski definition) is 4. The van der Waals surface area contributed by atoms with Crippen molar-refractivity contribution in [2.45, 2.75) is 12.2 Å². The van der Waals surface area contributed by atoms with Crippen LogP contribution in [0.1, 0.15) is 0 Å². The third-order valence-corrected chi connectivity index (χ3v) is 1.45. The van der Waals surface area contributed by atoms with Crippen molar-refractivity contribution in [1.82, 2.24) is 10.6 Å². The van der Waals surface area contributed by atoms with Gasteiger partial charge in [-0.15, -0.1) is 0 Å². The summed E-state index contributed by atoms with van der Waals surface area (Å²) in [6, 6.07) is -0.558. The van der Waals surface area contributed by atoms with E-state index < -0.39 is 12.0 Å². The monoisotopic (exact) mass is 146 g/mol. The summed E-state index contributed by atoms with van der Waals surface area (Å²) in [6.45, 7) is 0.296. The predicted octanol–water partition coefficient (Wildman–Crippen LogP) is -2.05. The standard InChI is InChI=1S/C5H10N2O3/c8-2-4-6-1-3(7-4)5(9)10/h3-4,6-8H,1-2H2,(H,9,10)/t3-,4?/m0/s1. The summed E-state index contributed by atoms with van der Waals surface area (Å²) in [7, 11) is 0. The van der Waals surface area contributed by atoms with Gasteiger partial charge in [-0.2, -0.15) is 0 Å². The van der Waals surface area contributed by atoms with Crippen molar-refractivity contribution >= 4 is 5.97 Å². The second-order valence-corrected chi connectivity index (χ2v) is 2.20. The molecule has 1 rings (SSSR count). The molecule has 1 fully saturated rings. The summed E-state index contributed by atoms with van der Waals surface area (Å²) in [6.07, 6.45) is -0.263. The molecular weight excluding hydrogens is 136 g/mol. The maximum Gasteiger partial charge on any atom is 0.322 e. The van der Waals surface area contributed by atoms with Gasteiger partial charge in [-0.05, 0) is 0 Å². The van der Waals surface area contributed by atoms with Crippen LogP contribution in [0, 0.1) is 0 Å². The Morgan fingerprint density at radius 3 is 2.70 bits per heavy atom. The summed E-state index contributed by atoms with van der Waals surface area (Å²) < 4.78 is 0. The molecule has 1 aliphatic rings. The van der Waals surface area contributed by atoms with Crippen LogP contribution >= 0.6 is 0 Å². The SMILES string of the molecule is O=C(O)[C@@H]1CNC(CO)N1. The van der Waals surface area contributed by atoms with Crippen LogP contribution in [0.3, 0.4) is 0 Å². The largest absolute Gasteiger partial charge is 0.480 e. The summed E-state index contributed by atoms with van der Waals surface area (Å²) in [5.74, 6) is -0.886. The lowest BCUT2D eigenvalue weighted by Crippen LogP contribution is -2.39. The second kappa shape index (κ2) is 2.96. The smallest absolute Gasteiger partial charge is 0.322 e. The Balaban J connectivity index is 2.35. The average Bonchev–Trinajstić information content (AvgIpc) is 2.34. The van der Waals surface area contributed by atoms with Gasteiger partial charge in [-0.1, -0.05) is 0 Å². The molecule has 5 heteroatoms. The number of aliphatic hydroxyl groups excluding tert-OH is 1. The van der Waals surface area contributed by atoms with Gasteiger partial charge >= 0.3 is 5.97 Å². The van der Waals surface area contributed by atoms with Crippen LogP contribution in [0.2, 0.25) is 0 Å². The molecule has 5 nitrogen and oxygen atoms in total. The molecule has 0 aromatic heterocycles. The van der Waals surface area contributed by atoms with E-state index in [1.54, 1.807) is 0 Å². The van der Waals surface area contributed by atoms with Crippen molar-refractivity contribution in [2.24, 2.45) is 0 Å². The average molecular weight is 146 g/mol. The molecule has 1 saturated heterocycles. The number of rotatable bonds is 2. The fraction of sp³-hybridized carbons (Fsp3) is 0.800. The molecule has 58 valence electrons. The fourth-order valence-electron chi connectivity index (χ4n) is 0.897. The van der Waals surface area contributed by atoms with Crippen LogP contribution < -0.4 is 10.6 Å². The van der Waals surface area contributed by atoms with Crippen molar-refractivity contribution in [2.75, 3.05) is 13.2 Å². The number of aliphatic hydroxyl groups is 1. The Labute approximate surface area is 58.0 Å². The number of aliphatic carboxylic acids is 1. The highest BCUT2D eigenvalue weighted by atomic mass is 16.4. The topological polar surface area (TPSA) is 81.6 Å². The van der Waals surface area contributed by atoms with E-state index >= 15 is 0 Å². The van der Waals surface area contributed by atoms with Gasteiger partial charge in [0.2, 0.25) is 0 Å². The van der Waals surface area contributed by atoms with Crippen molar-refractivity contribution in [3.8, 4) is 0 Å². The molecular formula is C5H10N2O3. The second-order valence-electron chi connectivity index (χ2n) is 2.20. The van der Waals surface area contributed by atoms with Gasteiger partial charge in [-0.3, -0.25) is 15.4 Å². The molecule has 0 bridgehead atoms. The van der Waals surface area contributed by atoms with Crippen LogP contribution in [-0.2, 0) is 4.79 Å². The third kappa shape index (κ3) is 1.44. The maximum atomic E-state index is 10.3. The predicted molar refractivity (Wildman–Crippen MR) is 33.4 cm³/mol. The van der Waals surface area contributed by atoms with Crippen molar-refractivity contribution in [3.05, 3.63) is 0 Å². The Hall–Kier alpha value is -0.650. The molecule has 4 N–H and O–H groups in total. The van der Waals surface area contributed by atoms with Crippen molar-refractivity contribution < 1.29 is 15.0 Å². The lowest BCUT2D eigenvalue weighted by molar-refractivity contribution is -0.138. The Bertz CT molecular complexity index is 139. The lowest BCUT2D eigenvalue weighted by atomic mass is 10.3. The van der Waals surface area contributed by atoms with Crippen molar-refractivity contribution in [3.63, 3.8) is 0 Å². The summed E-state index contributed by atoms with van der Waals surface area (Å²) in [4.78, 5) is 10.3. The normalized spacial score (nSPS) is 32.5. The lowest BCUT2D eigenvalue weighted by Gasteiger charge is -2.05. The van der Waals surface area contributed by atoms with Gasteiger partial charge < -0.3 is 10.2 Å². The first kappa shape index (κ1) is 7.46. The highest BCUT2D eigenvalue weighted by Crippen LogP contribution is 1.93. The number of hydrogen-bond acceptors (Lipinski definition) is 4. The van der Waals surface area contributed by atoms with Crippen LogP contribution in [0.15, 0.2) is 0 Å². The molecule has 0 aliphatic carbocycles. The van der Waals surface area contributed by atoms with Crippen LogP contribution in [0.4, 0.5) is 0 Å². The zero-order chi connectivity index (χ0) is 7.56. The van der Waals surface area contributed by atoms with Crippen LogP contribution in [0.5, 0.6) is 0 Å². The fourth-order valence-corrected chi connectivity index (χ4v) is 0.897. The highest BCUT2D eigenvalue weighted by molar-refractivity contribution is 5.74. The Morgan fingerprint density at radius 2 is 2.40 bits per heavy atom.